The highest BCUT2D eigenvalue weighted by Gasteiger charge is 2.35. The van der Waals surface area contributed by atoms with Crippen LogP contribution < -0.4 is 0 Å². The van der Waals surface area contributed by atoms with Crippen LogP contribution in [0.3, 0.4) is 0 Å². The highest BCUT2D eigenvalue weighted by Crippen LogP contribution is 2.30. The molecule has 3 rings (SSSR count). The number of piperazine rings is 1. The van der Waals surface area contributed by atoms with Crippen molar-refractivity contribution in [3.05, 3.63) is 56.5 Å². The summed E-state index contributed by atoms with van der Waals surface area (Å²) in [5.41, 5.74) is 0. The van der Waals surface area contributed by atoms with Gasteiger partial charge in [-0.2, -0.15) is 8.61 Å². The normalized spacial score (nSPS) is 17.0. The second-order valence-electron chi connectivity index (χ2n) is 5.96. The zero-order valence-corrected chi connectivity index (χ0v) is 18.8. The summed E-state index contributed by atoms with van der Waals surface area (Å²) in [6.45, 7) is -0.0884. The molecule has 0 saturated carbocycles. The molecule has 0 amide bonds. The van der Waals surface area contributed by atoms with E-state index in [1.807, 2.05) is 0 Å². The summed E-state index contributed by atoms with van der Waals surface area (Å²) in [4.78, 5) is -0.147. The van der Waals surface area contributed by atoms with Crippen LogP contribution in [0.5, 0.6) is 0 Å². The molecule has 0 atom stereocenters. The lowest BCUT2D eigenvalue weighted by Gasteiger charge is -2.33. The summed E-state index contributed by atoms with van der Waals surface area (Å²) in [7, 11) is -7.76. The van der Waals surface area contributed by atoms with Gasteiger partial charge in [-0.05, 0) is 36.4 Å². The van der Waals surface area contributed by atoms with Crippen molar-refractivity contribution in [1.82, 2.24) is 8.61 Å². The average Bonchev–Trinajstić information content (AvgIpc) is 2.61. The number of sulfonamides is 2. The van der Waals surface area contributed by atoms with E-state index in [2.05, 4.69) is 0 Å². The molecule has 2 aromatic rings. The van der Waals surface area contributed by atoms with Crippen molar-refractivity contribution in [3.63, 3.8) is 0 Å². The van der Waals surface area contributed by atoms with E-state index < -0.39 is 20.0 Å². The van der Waals surface area contributed by atoms with Gasteiger partial charge in [-0.15, -0.1) is 0 Å². The molecule has 1 aliphatic heterocycles. The molecule has 0 aromatic heterocycles. The molecule has 0 spiro atoms. The quantitative estimate of drug-likeness (QED) is 0.632. The molecular formula is C16H14Cl4N2O4S2. The molecular weight excluding hydrogens is 490 g/mol. The van der Waals surface area contributed by atoms with Crippen molar-refractivity contribution < 1.29 is 16.8 Å². The topological polar surface area (TPSA) is 74.8 Å². The lowest BCUT2D eigenvalue weighted by Crippen LogP contribution is -2.50. The van der Waals surface area contributed by atoms with E-state index in [1.165, 1.54) is 45.0 Å². The lowest BCUT2D eigenvalue weighted by atomic mass is 10.4. The molecule has 0 unspecified atom stereocenters. The maximum absolute atomic E-state index is 12.8. The molecule has 152 valence electrons. The van der Waals surface area contributed by atoms with Crippen molar-refractivity contribution in [2.75, 3.05) is 26.2 Å². The summed E-state index contributed by atoms with van der Waals surface area (Å²) < 4.78 is 53.7. The van der Waals surface area contributed by atoms with Crippen LogP contribution in [0.4, 0.5) is 0 Å². The Hall–Kier alpha value is -0.580. The largest absolute Gasteiger partial charge is 0.244 e. The number of hydrogen-bond donors (Lipinski definition) is 0. The van der Waals surface area contributed by atoms with Gasteiger partial charge < -0.3 is 0 Å². The van der Waals surface area contributed by atoms with Crippen LogP contribution in [-0.4, -0.2) is 51.6 Å². The molecule has 1 heterocycles. The Kier molecular flexibility index (Phi) is 6.54. The van der Waals surface area contributed by atoms with Crippen molar-refractivity contribution in [2.24, 2.45) is 0 Å². The monoisotopic (exact) mass is 502 g/mol. The Bertz CT molecular complexity index is 1030. The number of halogens is 4. The molecule has 0 aliphatic carbocycles. The maximum atomic E-state index is 12.8. The Morgan fingerprint density at radius 3 is 1.21 bits per heavy atom. The molecule has 12 heteroatoms. The zero-order valence-electron chi connectivity index (χ0n) is 14.1. The second kappa shape index (κ2) is 8.28. The zero-order chi connectivity index (χ0) is 20.7. The number of hydrogen-bond acceptors (Lipinski definition) is 4. The summed E-state index contributed by atoms with van der Waals surface area (Å²) in [5.74, 6) is 0. The Morgan fingerprint density at radius 2 is 0.929 bits per heavy atom. The van der Waals surface area contributed by atoms with Crippen LogP contribution in [0, 0.1) is 0 Å². The van der Waals surface area contributed by atoms with Gasteiger partial charge in [0.2, 0.25) is 20.0 Å². The average molecular weight is 504 g/mol. The molecule has 1 saturated heterocycles. The Labute approximate surface area is 183 Å². The minimum absolute atomic E-state index is 0.00972. The van der Waals surface area contributed by atoms with Crippen LogP contribution >= 0.6 is 46.4 Å². The standard InChI is InChI=1S/C16H14Cl4N2O4S2/c17-11-1-3-15(13(19)9-11)27(23,24)21-5-7-22(8-6-21)28(25,26)16-4-2-12(18)10-14(16)20/h1-4,9-10H,5-8H2. The van der Waals surface area contributed by atoms with Crippen molar-refractivity contribution >= 4 is 66.5 Å². The van der Waals surface area contributed by atoms with E-state index in [0.29, 0.717) is 10.0 Å². The molecule has 2 aromatic carbocycles. The fourth-order valence-electron chi connectivity index (χ4n) is 2.80. The van der Waals surface area contributed by atoms with Crippen molar-refractivity contribution in [1.29, 1.82) is 0 Å². The van der Waals surface area contributed by atoms with Crippen LogP contribution in [-0.2, 0) is 20.0 Å². The SMILES string of the molecule is O=S(=O)(c1ccc(Cl)cc1Cl)N1CCN(S(=O)(=O)c2ccc(Cl)cc2Cl)CC1. The fourth-order valence-corrected chi connectivity index (χ4v) is 7.13. The van der Waals surface area contributed by atoms with Crippen molar-refractivity contribution in [3.8, 4) is 0 Å². The van der Waals surface area contributed by atoms with Gasteiger partial charge in [-0.25, -0.2) is 16.8 Å². The van der Waals surface area contributed by atoms with Gasteiger partial charge in [0, 0.05) is 36.2 Å². The Morgan fingerprint density at radius 1 is 0.607 bits per heavy atom. The van der Waals surface area contributed by atoms with Crippen molar-refractivity contribution in [2.45, 2.75) is 9.79 Å². The van der Waals surface area contributed by atoms with E-state index in [-0.39, 0.29) is 46.0 Å². The van der Waals surface area contributed by atoms with Crippen LogP contribution in [0.25, 0.3) is 0 Å². The molecule has 1 aliphatic rings. The van der Waals surface area contributed by atoms with E-state index >= 15 is 0 Å². The third kappa shape index (κ3) is 4.29. The van der Waals surface area contributed by atoms with Gasteiger partial charge in [0.05, 0.1) is 10.0 Å². The van der Waals surface area contributed by atoms with Crippen LogP contribution in [0.1, 0.15) is 0 Å². The molecule has 1 fully saturated rings. The van der Waals surface area contributed by atoms with E-state index in [1.54, 1.807) is 0 Å². The predicted octanol–water partition coefficient (Wildman–Crippen LogP) is 4.00. The van der Waals surface area contributed by atoms with Gasteiger partial charge in [0.1, 0.15) is 9.79 Å². The van der Waals surface area contributed by atoms with Gasteiger partial charge in [0.15, 0.2) is 0 Å². The van der Waals surface area contributed by atoms with Gasteiger partial charge in [-0.3, -0.25) is 0 Å². The summed E-state index contributed by atoms with van der Waals surface area (Å²) >= 11 is 23.7. The molecule has 0 N–H and O–H groups in total. The number of benzene rings is 2. The van der Waals surface area contributed by atoms with Gasteiger partial charge >= 0.3 is 0 Å². The smallest absolute Gasteiger partial charge is 0.207 e. The van der Waals surface area contributed by atoms with Gasteiger partial charge in [0.25, 0.3) is 0 Å². The highest BCUT2D eigenvalue weighted by atomic mass is 35.5. The van der Waals surface area contributed by atoms with Gasteiger partial charge in [-0.1, -0.05) is 46.4 Å². The molecule has 28 heavy (non-hydrogen) atoms. The number of rotatable bonds is 4. The van der Waals surface area contributed by atoms with E-state index in [0.717, 1.165) is 0 Å². The first-order valence-electron chi connectivity index (χ1n) is 7.94. The summed E-state index contributed by atoms with van der Waals surface area (Å²) in [5, 5.41) is 0.658. The highest BCUT2D eigenvalue weighted by molar-refractivity contribution is 7.89. The van der Waals surface area contributed by atoms with E-state index in [9.17, 15) is 16.8 Å². The fraction of sp³-hybridized carbons (Fsp3) is 0.250. The Balaban J connectivity index is 1.80. The van der Waals surface area contributed by atoms with E-state index in [4.69, 9.17) is 46.4 Å². The first kappa shape index (κ1) is 22.1. The first-order valence-corrected chi connectivity index (χ1v) is 12.3. The first-order chi connectivity index (χ1) is 13.0. The lowest BCUT2D eigenvalue weighted by molar-refractivity contribution is 0.273. The summed E-state index contributed by atoms with van der Waals surface area (Å²) in [6, 6.07) is 8.22. The summed E-state index contributed by atoms with van der Waals surface area (Å²) in [6.07, 6.45) is 0. The van der Waals surface area contributed by atoms with Crippen LogP contribution in [0.2, 0.25) is 20.1 Å². The third-order valence-electron chi connectivity index (χ3n) is 4.22. The minimum Gasteiger partial charge on any atom is -0.207 e. The maximum Gasteiger partial charge on any atom is 0.244 e. The minimum atomic E-state index is -3.88. The van der Waals surface area contributed by atoms with Crippen LogP contribution in [0.15, 0.2) is 46.2 Å². The predicted molar refractivity (Wildman–Crippen MR) is 110 cm³/mol. The second-order valence-corrected chi connectivity index (χ2v) is 11.5. The molecule has 0 bridgehead atoms. The molecule has 0 radical (unpaired) electrons. The molecule has 6 nitrogen and oxygen atoms in total. The third-order valence-corrected chi connectivity index (χ3v) is 9.45. The number of nitrogens with zero attached hydrogens (tertiary/aromatic N) is 2.